The summed E-state index contributed by atoms with van der Waals surface area (Å²) in [5.74, 6) is -1.38. The molecule has 1 amide bonds. The molecule has 1 heterocycles. The van der Waals surface area contributed by atoms with Gasteiger partial charge in [0.15, 0.2) is 0 Å². The summed E-state index contributed by atoms with van der Waals surface area (Å²) in [7, 11) is 1.52. The van der Waals surface area contributed by atoms with E-state index in [2.05, 4.69) is 15.6 Å². The third-order valence-electron chi connectivity index (χ3n) is 3.65. The Kier molecular flexibility index (Phi) is 5.52. The fourth-order valence-electron chi connectivity index (χ4n) is 2.30. The third-order valence-corrected chi connectivity index (χ3v) is 3.95. The van der Waals surface area contributed by atoms with Crippen LogP contribution in [-0.4, -0.2) is 18.0 Å². The number of ether oxygens (including phenoxy) is 1. The first kappa shape index (κ1) is 18.6. The highest BCUT2D eigenvalue weighted by atomic mass is 35.5. The fourth-order valence-corrected chi connectivity index (χ4v) is 2.55. The van der Waals surface area contributed by atoms with Gasteiger partial charge in [-0.05, 0) is 42.5 Å². The van der Waals surface area contributed by atoms with Gasteiger partial charge in [0.1, 0.15) is 28.9 Å². The lowest BCUT2D eigenvalue weighted by atomic mass is 10.2. The number of hydrogen-bond acceptors (Lipinski definition) is 4. The zero-order chi connectivity index (χ0) is 19.4. The lowest BCUT2D eigenvalue weighted by Crippen LogP contribution is -2.14. The highest BCUT2D eigenvalue weighted by Gasteiger charge is 2.13. The summed E-state index contributed by atoms with van der Waals surface area (Å²) < 4.78 is 32.3. The quantitative estimate of drug-likeness (QED) is 0.643. The Hall–Kier alpha value is -3.19. The number of rotatable bonds is 5. The molecule has 0 aliphatic carbocycles. The molecule has 2 N–H and O–H groups in total. The van der Waals surface area contributed by atoms with E-state index >= 15 is 0 Å². The number of halogens is 3. The minimum atomic E-state index is -0.856. The van der Waals surface area contributed by atoms with E-state index in [4.69, 9.17) is 16.3 Å². The van der Waals surface area contributed by atoms with Gasteiger partial charge in [-0.1, -0.05) is 17.7 Å². The molecule has 3 rings (SSSR count). The molecule has 5 nitrogen and oxygen atoms in total. The molecule has 27 heavy (non-hydrogen) atoms. The molecule has 138 valence electrons. The van der Waals surface area contributed by atoms with Crippen LogP contribution in [0.5, 0.6) is 5.75 Å². The number of para-hydroxylation sites is 1. The number of pyridine rings is 1. The van der Waals surface area contributed by atoms with Crippen LogP contribution in [0.3, 0.4) is 0 Å². The number of nitrogens with one attached hydrogen (secondary N) is 2. The van der Waals surface area contributed by atoms with Crippen molar-refractivity contribution in [2.45, 2.75) is 0 Å². The Morgan fingerprint density at radius 1 is 1.11 bits per heavy atom. The number of methoxy groups -OCH3 is 1. The van der Waals surface area contributed by atoms with Gasteiger partial charge in [0.25, 0.3) is 5.91 Å². The second-order valence-electron chi connectivity index (χ2n) is 5.46. The Balaban J connectivity index is 1.71. The molecule has 1 aromatic heterocycles. The number of nitrogens with zero attached hydrogens (tertiary/aromatic N) is 1. The van der Waals surface area contributed by atoms with Gasteiger partial charge in [-0.2, -0.15) is 0 Å². The Morgan fingerprint density at radius 3 is 2.44 bits per heavy atom. The van der Waals surface area contributed by atoms with Gasteiger partial charge in [-0.15, -0.1) is 0 Å². The van der Waals surface area contributed by atoms with E-state index in [-0.39, 0.29) is 5.56 Å². The van der Waals surface area contributed by atoms with E-state index in [0.29, 0.717) is 22.3 Å². The summed E-state index contributed by atoms with van der Waals surface area (Å²) in [6.45, 7) is 0. The average Bonchev–Trinajstić information content (AvgIpc) is 2.65. The second-order valence-corrected chi connectivity index (χ2v) is 5.86. The molecule has 0 saturated carbocycles. The molecular weight excluding hydrogens is 376 g/mol. The molecule has 0 bridgehead atoms. The Morgan fingerprint density at radius 2 is 1.85 bits per heavy atom. The SMILES string of the molecule is COc1ccc(Nc2ccc(C(=O)Nc3c(F)cccc3F)cn2)cc1Cl. The second kappa shape index (κ2) is 8.01. The lowest BCUT2D eigenvalue weighted by Gasteiger charge is -2.10. The smallest absolute Gasteiger partial charge is 0.257 e. The number of amides is 1. The molecule has 0 radical (unpaired) electrons. The normalized spacial score (nSPS) is 10.4. The summed E-state index contributed by atoms with van der Waals surface area (Å²) in [5, 5.41) is 5.67. The van der Waals surface area contributed by atoms with Crippen molar-refractivity contribution in [3.05, 3.63) is 76.9 Å². The maximum absolute atomic E-state index is 13.6. The summed E-state index contributed by atoms with van der Waals surface area (Å²) in [6, 6.07) is 11.5. The first-order valence-electron chi connectivity index (χ1n) is 7.80. The maximum atomic E-state index is 13.6. The van der Waals surface area contributed by atoms with Crippen molar-refractivity contribution in [3.63, 3.8) is 0 Å². The van der Waals surface area contributed by atoms with Gasteiger partial charge in [0.2, 0.25) is 0 Å². The topological polar surface area (TPSA) is 63.2 Å². The Labute approximate surface area is 159 Å². The van der Waals surface area contributed by atoms with Gasteiger partial charge in [-0.25, -0.2) is 13.8 Å². The van der Waals surface area contributed by atoms with Crippen LogP contribution in [0.1, 0.15) is 10.4 Å². The highest BCUT2D eigenvalue weighted by molar-refractivity contribution is 6.32. The van der Waals surface area contributed by atoms with Crippen LogP contribution < -0.4 is 15.4 Å². The van der Waals surface area contributed by atoms with Crippen LogP contribution in [0.2, 0.25) is 5.02 Å². The van der Waals surface area contributed by atoms with Crippen molar-refractivity contribution in [1.82, 2.24) is 4.98 Å². The summed E-state index contributed by atoms with van der Waals surface area (Å²) in [6.07, 6.45) is 1.29. The van der Waals surface area contributed by atoms with E-state index in [0.717, 1.165) is 12.1 Å². The highest BCUT2D eigenvalue weighted by Crippen LogP contribution is 2.28. The predicted octanol–water partition coefficient (Wildman–Crippen LogP) is 5.02. The molecule has 0 fully saturated rings. The Bertz CT molecular complexity index is 961. The number of carbonyl (C=O) groups is 1. The fraction of sp³-hybridized carbons (Fsp3) is 0.0526. The van der Waals surface area contributed by atoms with Crippen molar-refractivity contribution < 1.29 is 18.3 Å². The number of carbonyl (C=O) groups excluding carboxylic acids is 1. The van der Waals surface area contributed by atoms with Crippen LogP contribution in [0.15, 0.2) is 54.7 Å². The summed E-state index contributed by atoms with van der Waals surface area (Å²) in [4.78, 5) is 16.3. The van der Waals surface area contributed by atoms with Crippen molar-refractivity contribution in [2.75, 3.05) is 17.7 Å². The molecule has 2 aromatic carbocycles. The predicted molar refractivity (Wildman–Crippen MR) is 99.8 cm³/mol. The van der Waals surface area contributed by atoms with Crippen LogP contribution in [0.4, 0.5) is 26.0 Å². The van der Waals surface area contributed by atoms with E-state index in [1.165, 1.54) is 25.4 Å². The van der Waals surface area contributed by atoms with Crippen LogP contribution in [0.25, 0.3) is 0 Å². The van der Waals surface area contributed by atoms with Crippen molar-refractivity contribution in [2.24, 2.45) is 0 Å². The summed E-state index contributed by atoms with van der Waals surface area (Å²) in [5.41, 5.74) is 0.326. The molecule has 8 heteroatoms. The van der Waals surface area contributed by atoms with Gasteiger partial charge in [0.05, 0.1) is 17.7 Å². The molecule has 0 aliphatic heterocycles. The zero-order valence-electron chi connectivity index (χ0n) is 14.1. The van der Waals surface area contributed by atoms with Crippen molar-refractivity contribution in [3.8, 4) is 5.75 Å². The molecule has 3 aromatic rings. The van der Waals surface area contributed by atoms with Crippen LogP contribution in [-0.2, 0) is 0 Å². The number of hydrogen-bond donors (Lipinski definition) is 2. The lowest BCUT2D eigenvalue weighted by molar-refractivity contribution is 0.102. The van der Waals surface area contributed by atoms with E-state index in [9.17, 15) is 13.6 Å². The number of benzene rings is 2. The molecular formula is C19H14ClF2N3O2. The first-order valence-corrected chi connectivity index (χ1v) is 8.17. The van der Waals surface area contributed by atoms with Gasteiger partial charge in [0, 0.05) is 11.9 Å². The molecule has 0 aliphatic rings. The maximum Gasteiger partial charge on any atom is 0.257 e. The molecule has 0 saturated heterocycles. The average molecular weight is 390 g/mol. The monoisotopic (exact) mass is 389 g/mol. The first-order chi connectivity index (χ1) is 13.0. The third kappa shape index (κ3) is 4.32. The van der Waals surface area contributed by atoms with E-state index in [1.807, 2.05) is 0 Å². The van der Waals surface area contributed by atoms with Gasteiger partial charge >= 0.3 is 0 Å². The number of aromatic nitrogens is 1. The van der Waals surface area contributed by atoms with E-state index < -0.39 is 23.2 Å². The van der Waals surface area contributed by atoms with Gasteiger partial charge in [-0.3, -0.25) is 4.79 Å². The molecule has 0 unspecified atom stereocenters. The van der Waals surface area contributed by atoms with E-state index in [1.54, 1.807) is 24.3 Å². The van der Waals surface area contributed by atoms with Crippen LogP contribution in [0, 0.1) is 11.6 Å². The molecule has 0 spiro atoms. The van der Waals surface area contributed by atoms with Crippen LogP contribution >= 0.6 is 11.6 Å². The van der Waals surface area contributed by atoms with Crippen molar-refractivity contribution in [1.29, 1.82) is 0 Å². The summed E-state index contributed by atoms with van der Waals surface area (Å²) >= 11 is 6.07. The minimum absolute atomic E-state index is 0.149. The molecule has 0 atom stereocenters. The number of anilines is 3. The zero-order valence-corrected chi connectivity index (χ0v) is 14.8. The van der Waals surface area contributed by atoms with Crippen molar-refractivity contribution >= 4 is 34.7 Å². The standard InChI is InChI=1S/C19H14ClF2N3O2/c1-27-16-7-6-12(9-13(16)20)24-17-8-5-11(10-23-17)19(26)25-18-14(21)3-2-4-15(18)22/h2-10H,1H3,(H,23,24)(H,25,26). The minimum Gasteiger partial charge on any atom is -0.495 e. The van der Waals surface area contributed by atoms with Gasteiger partial charge < -0.3 is 15.4 Å². The largest absolute Gasteiger partial charge is 0.495 e.